The van der Waals surface area contributed by atoms with E-state index in [1.54, 1.807) is 12.1 Å². The van der Waals surface area contributed by atoms with Crippen molar-refractivity contribution in [3.63, 3.8) is 0 Å². The number of hydrogen-bond donors (Lipinski definition) is 2. The molecule has 2 rings (SSSR count). The molecule has 4 heteroatoms. The summed E-state index contributed by atoms with van der Waals surface area (Å²) < 4.78 is 0. The Labute approximate surface area is 83.3 Å². The van der Waals surface area contributed by atoms with Crippen LogP contribution in [0.25, 0.3) is 0 Å². The molecule has 1 aromatic rings. The number of hydrogen-bond acceptors (Lipinski definition) is 4. The van der Waals surface area contributed by atoms with E-state index < -0.39 is 0 Å². The summed E-state index contributed by atoms with van der Waals surface area (Å²) in [4.78, 5) is 8.59. The molecule has 1 heterocycles. The summed E-state index contributed by atoms with van der Waals surface area (Å²) >= 11 is 0. The van der Waals surface area contributed by atoms with Crippen molar-refractivity contribution in [3.05, 3.63) is 24.5 Å². The maximum Gasteiger partial charge on any atom is 0.136 e. The van der Waals surface area contributed by atoms with E-state index in [0.29, 0.717) is 18.3 Å². The van der Waals surface area contributed by atoms with E-state index in [1.165, 1.54) is 12.8 Å². The lowest BCUT2D eigenvalue weighted by Crippen LogP contribution is -2.05. The van der Waals surface area contributed by atoms with Crippen LogP contribution in [-0.2, 0) is 0 Å². The van der Waals surface area contributed by atoms with Crippen molar-refractivity contribution < 1.29 is 0 Å². The van der Waals surface area contributed by atoms with Crippen LogP contribution in [0.5, 0.6) is 0 Å². The van der Waals surface area contributed by atoms with Crippen molar-refractivity contribution in [3.8, 4) is 0 Å². The lowest BCUT2D eigenvalue weighted by Gasteiger charge is -2.05. The topological polar surface area (TPSA) is 63.8 Å². The second-order valence-electron chi connectivity index (χ2n) is 3.48. The van der Waals surface area contributed by atoms with Crippen LogP contribution in [0.15, 0.2) is 18.7 Å². The lowest BCUT2D eigenvalue weighted by molar-refractivity contribution is 0.932. The van der Waals surface area contributed by atoms with Crippen LogP contribution in [0, 0.1) is 0 Å². The smallest absolute Gasteiger partial charge is 0.136 e. The van der Waals surface area contributed by atoms with E-state index in [0.717, 1.165) is 11.6 Å². The van der Waals surface area contributed by atoms with Crippen LogP contribution in [-0.4, -0.2) is 16.5 Å². The quantitative estimate of drug-likeness (QED) is 0.707. The van der Waals surface area contributed by atoms with Gasteiger partial charge in [0.15, 0.2) is 0 Å². The Balaban J connectivity index is 2.17. The van der Waals surface area contributed by atoms with Crippen molar-refractivity contribution in [2.24, 2.45) is 0 Å². The minimum Gasteiger partial charge on any atom is -0.384 e. The molecule has 1 fully saturated rings. The van der Waals surface area contributed by atoms with Gasteiger partial charge in [0, 0.05) is 18.5 Å². The first kappa shape index (κ1) is 8.99. The number of nitrogens with zero attached hydrogens (tertiary/aromatic N) is 2. The second kappa shape index (κ2) is 3.65. The van der Waals surface area contributed by atoms with Crippen molar-refractivity contribution in [2.75, 3.05) is 17.6 Å². The van der Waals surface area contributed by atoms with Gasteiger partial charge in [0.25, 0.3) is 0 Å². The van der Waals surface area contributed by atoms with Gasteiger partial charge in [-0.3, -0.25) is 0 Å². The zero-order valence-electron chi connectivity index (χ0n) is 8.03. The van der Waals surface area contributed by atoms with E-state index in [1.807, 2.05) is 0 Å². The molecule has 74 valence electrons. The molecule has 14 heavy (non-hydrogen) atoms. The Hall–Kier alpha value is -1.58. The number of anilines is 2. The first-order chi connectivity index (χ1) is 6.79. The summed E-state index contributed by atoms with van der Waals surface area (Å²) in [6, 6.07) is 1.75. The van der Waals surface area contributed by atoms with Crippen LogP contribution in [0.3, 0.4) is 0 Å². The molecule has 4 nitrogen and oxygen atoms in total. The van der Waals surface area contributed by atoms with E-state index in [4.69, 9.17) is 5.73 Å². The third kappa shape index (κ3) is 2.02. The van der Waals surface area contributed by atoms with Crippen LogP contribution < -0.4 is 11.1 Å². The predicted molar refractivity (Wildman–Crippen MR) is 57.1 cm³/mol. The van der Waals surface area contributed by atoms with Gasteiger partial charge in [0.2, 0.25) is 0 Å². The molecule has 0 bridgehead atoms. The summed E-state index contributed by atoms with van der Waals surface area (Å²) in [7, 11) is 0. The highest BCUT2D eigenvalue weighted by atomic mass is 15.1. The highest BCUT2D eigenvalue weighted by Crippen LogP contribution is 2.38. The fourth-order valence-corrected chi connectivity index (χ4v) is 1.28. The predicted octanol–water partition coefficient (Wildman–Crippen LogP) is 1.53. The van der Waals surface area contributed by atoms with Gasteiger partial charge in [-0.05, 0) is 12.8 Å². The third-order valence-electron chi connectivity index (χ3n) is 2.13. The standard InChI is InChI=1S/C10H14N4/c1-2-5-12-9-6-8(11)13-10(14-9)7-3-4-7/h2,6-7H,1,3-5H2,(H3,11,12,13,14). The Morgan fingerprint density at radius 1 is 1.57 bits per heavy atom. The minimum absolute atomic E-state index is 0.530. The lowest BCUT2D eigenvalue weighted by atomic mass is 10.4. The number of nitrogens with one attached hydrogen (secondary N) is 1. The van der Waals surface area contributed by atoms with E-state index in [9.17, 15) is 0 Å². The van der Waals surface area contributed by atoms with Crippen molar-refractivity contribution in [1.82, 2.24) is 9.97 Å². The average molecular weight is 190 g/mol. The first-order valence-electron chi connectivity index (χ1n) is 4.79. The molecular weight excluding hydrogens is 176 g/mol. The largest absolute Gasteiger partial charge is 0.384 e. The molecular formula is C10H14N4. The van der Waals surface area contributed by atoms with Gasteiger partial charge in [-0.15, -0.1) is 6.58 Å². The minimum atomic E-state index is 0.530. The normalized spacial score (nSPS) is 15.1. The molecule has 1 aromatic heterocycles. The molecule has 0 saturated heterocycles. The number of nitrogens with two attached hydrogens (primary N) is 1. The highest BCUT2D eigenvalue weighted by molar-refractivity contribution is 5.45. The molecule has 0 aromatic carbocycles. The first-order valence-corrected chi connectivity index (χ1v) is 4.79. The summed E-state index contributed by atoms with van der Waals surface area (Å²) in [6.07, 6.45) is 4.16. The van der Waals surface area contributed by atoms with Crippen molar-refractivity contribution in [2.45, 2.75) is 18.8 Å². The van der Waals surface area contributed by atoms with Gasteiger partial charge in [-0.1, -0.05) is 6.08 Å². The van der Waals surface area contributed by atoms with Gasteiger partial charge < -0.3 is 11.1 Å². The van der Waals surface area contributed by atoms with Crippen molar-refractivity contribution in [1.29, 1.82) is 0 Å². The van der Waals surface area contributed by atoms with Gasteiger partial charge >= 0.3 is 0 Å². The Kier molecular flexibility index (Phi) is 2.35. The molecule has 0 atom stereocenters. The molecule has 3 N–H and O–H groups in total. The zero-order chi connectivity index (χ0) is 9.97. The summed E-state index contributed by atoms with van der Waals surface area (Å²) in [5.41, 5.74) is 5.68. The maximum absolute atomic E-state index is 5.68. The van der Waals surface area contributed by atoms with Gasteiger partial charge in [0.05, 0.1) is 0 Å². The molecule has 1 saturated carbocycles. The van der Waals surface area contributed by atoms with E-state index in [-0.39, 0.29) is 0 Å². The Bertz CT molecular complexity index is 344. The van der Waals surface area contributed by atoms with E-state index in [2.05, 4.69) is 21.9 Å². The van der Waals surface area contributed by atoms with Crippen LogP contribution >= 0.6 is 0 Å². The van der Waals surface area contributed by atoms with Crippen LogP contribution in [0.4, 0.5) is 11.6 Å². The fourth-order valence-electron chi connectivity index (χ4n) is 1.28. The third-order valence-corrected chi connectivity index (χ3v) is 2.13. The van der Waals surface area contributed by atoms with Gasteiger partial charge in [0.1, 0.15) is 17.5 Å². The van der Waals surface area contributed by atoms with E-state index >= 15 is 0 Å². The monoisotopic (exact) mass is 190 g/mol. The molecule has 0 spiro atoms. The number of rotatable bonds is 4. The number of aromatic nitrogens is 2. The Morgan fingerprint density at radius 2 is 2.36 bits per heavy atom. The second-order valence-corrected chi connectivity index (χ2v) is 3.48. The molecule has 1 aliphatic carbocycles. The summed E-state index contributed by atoms with van der Waals surface area (Å²) in [6.45, 7) is 4.33. The molecule has 1 aliphatic rings. The summed E-state index contributed by atoms with van der Waals surface area (Å²) in [5, 5.41) is 3.11. The number of nitrogen functional groups attached to an aromatic ring is 1. The van der Waals surface area contributed by atoms with Crippen LogP contribution in [0.1, 0.15) is 24.6 Å². The zero-order valence-corrected chi connectivity index (χ0v) is 8.03. The molecule has 0 radical (unpaired) electrons. The SMILES string of the molecule is C=CCNc1cc(N)nc(C2CC2)n1. The summed E-state index contributed by atoms with van der Waals surface area (Å²) in [5.74, 6) is 2.73. The highest BCUT2D eigenvalue weighted by Gasteiger charge is 2.27. The molecule has 0 unspecified atom stereocenters. The van der Waals surface area contributed by atoms with Gasteiger partial charge in [-0.2, -0.15) is 0 Å². The molecule has 0 aliphatic heterocycles. The maximum atomic E-state index is 5.68. The average Bonchev–Trinajstić information content (AvgIpc) is 2.97. The fraction of sp³-hybridized carbons (Fsp3) is 0.400. The van der Waals surface area contributed by atoms with Crippen LogP contribution in [0.2, 0.25) is 0 Å². The van der Waals surface area contributed by atoms with Gasteiger partial charge in [-0.25, -0.2) is 9.97 Å². The molecule has 0 amide bonds. The van der Waals surface area contributed by atoms with Crippen molar-refractivity contribution >= 4 is 11.6 Å². The Morgan fingerprint density at radius 3 is 3.00 bits per heavy atom.